The van der Waals surface area contributed by atoms with E-state index in [9.17, 15) is 4.79 Å². The third-order valence-electron chi connectivity index (χ3n) is 5.35. The zero-order chi connectivity index (χ0) is 14.0. The summed E-state index contributed by atoms with van der Waals surface area (Å²) in [5.41, 5.74) is 0.345. The summed E-state index contributed by atoms with van der Waals surface area (Å²) < 4.78 is 6.01. The Hall–Kier alpha value is -0.790. The molecule has 0 amide bonds. The number of hydrogen-bond acceptors (Lipinski definition) is 2. The molecule has 2 fully saturated rings. The van der Waals surface area contributed by atoms with Crippen molar-refractivity contribution in [2.24, 2.45) is 17.8 Å². The van der Waals surface area contributed by atoms with Crippen LogP contribution in [0.15, 0.2) is 12.2 Å². The summed E-state index contributed by atoms with van der Waals surface area (Å²) in [5.74, 6) is 1.77. The molecule has 19 heavy (non-hydrogen) atoms. The van der Waals surface area contributed by atoms with Crippen molar-refractivity contribution < 1.29 is 9.53 Å². The van der Waals surface area contributed by atoms with Gasteiger partial charge in [-0.3, -0.25) is 0 Å². The quantitative estimate of drug-likeness (QED) is 0.552. The maximum absolute atomic E-state index is 12.0. The molecule has 3 atom stereocenters. The zero-order valence-corrected chi connectivity index (χ0v) is 12.7. The maximum atomic E-state index is 12.0. The van der Waals surface area contributed by atoms with Gasteiger partial charge in [-0.25, -0.2) is 4.79 Å². The van der Waals surface area contributed by atoms with Crippen LogP contribution in [0.4, 0.5) is 0 Å². The van der Waals surface area contributed by atoms with E-state index >= 15 is 0 Å². The molecule has 2 rings (SSSR count). The summed E-state index contributed by atoms with van der Waals surface area (Å²) in [6, 6.07) is 0. The van der Waals surface area contributed by atoms with Gasteiger partial charge in [0.1, 0.15) is 5.60 Å². The van der Waals surface area contributed by atoms with Crippen LogP contribution in [-0.4, -0.2) is 11.6 Å². The third-order valence-corrected chi connectivity index (χ3v) is 5.35. The molecule has 2 heteroatoms. The van der Waals surface area contributed by atoms with Crippen LogP contribution in [-0.2, 0) is 9.53 Å². The molecule has 3 unspecified atom stereocenters. The van der Waals surface area contributed by atoms with Gasteiger partial charge in [-0.15, -0.1) is 0 Å². The van der Waals surface area contributed by atoms with Gasteiger partial charge in [0.15, 0.2) is 0 Å². The largest absolute Gasteiger partial charge is 0.455 e. The summed E-state index contributed by atoms with van der Waals surface area (Å²) >= 11 is 0. The molecule has 0 aromatic carbocycles. The first kappa shape index (κ1) is 14.6. The van der Waals surface area contributed by atoms with Crippen LogP contribution >= 0.6 is 0 Å². The molecule has 2 aliphatic rings. The van der Waals surface area contributed by atoms with Crippen LogP contribution in [0, 0.1) is 17.8 Å². The Morgan fingerprint density at radius 2 is 1.95 bits per heavy atom. The molecular formula is C17H28O2. The van der Waals surface area contributed by atoms with E-state index < -0.39 is 0 Å². The monoisotopic (exact) mass is 264 g/mol. The smallest absolute Gasteiger partial charge is 0.333 e. The number of hydrogen-bond donors (Lipinski definition) is 0. The van der Waals surface area contributed by atoms with Gasteiger partial charge in [0, 0.05) is 5.57 Å². The van der Waals surface area contributed by atoms with E-state index in [-0.39, 0.29) is 11.6 Å². The van der Waals surface area contributed by atoms with Gasteiger partial charge < -0.3 is 4.74 Å². The Kier molecular flexibility index (Phi) is 4.37. The van der Waals surface area contributed by atoms with Crippen molar-refractivity contribution in [3.8, 4) is 0 Å². The van der Waals surface area contributed by atoms with Crippen LogP contribution in [0.3, 0.4) is 0 Å². The van der Waals surface area contributed by atoms with Gasteiger partial charge >= 0.3 is 5.97 Å². The average Bonchev–Trinajstić information content (AvgIpc) is 2.97. The highest BCUT2D eigenvalue weighted by Gasteiger charge is 2.51. The molecule has 0 radical (unpaired) electrons. The Bertz CT molecular complexity index is 354. The number of ether oxygens (including phenoxy) is 1. The van der Waals surface area contributed by atoms with Crippen LogP contribution in [0.5, 0.6) is 0 Å². The lowest BCUT2D eigenvalue weighted by Gasteiger charge is -2.35. The highest BCUT2D eigenvalue weighted by molar-refractivity contribution is 5.87. The van der Waals surface area contributed by atoms with Gasteiger partial charge in [0.2, 0.25) is 0 Å². The molecule has 2 nitrogen and oxygen atoms in total. The van der Waals surface area contributed by atoms with E-state index in [1.54, 1.807) is 6.92 Å². The topological polar surface area (TPSA) is 26.3 Å². The fourth-order valence-electron chi connectivity index (χ4n) is 4.21. The van der Waals surface area contributed by atoms with E-state index in [1.807, 2.05) is 0 Å². The molecule has 0 spiro atoms. The van der Waals surface area contributed by atoms with Crippen molar-refractivity contribution in [2.45, 2.75) is 71.3 Å². The molecule has 0 N–H and O–H groups in total. The molecule has 0 heterocycles. The minimum absolute atomic E-state index is 0.184. The first-order valence-electron chi connectivity index (χ1n) is 7.87. The van der Waals surface area contributed by atoms with Gasteiger partial charge in [0.25, 0.3) is 0 Å². The first-order valence-corrected chi connectivity index (χ1v) is 7.87. The van der Waals surface area contributed by atoms with Crippen LogP contribution in [0.2, 0.25) is 0 Å². The molecule has 0 bridgehead atoms. The Balaban J connectivity index is 2.18. The molecule has 2 aliphatic carbocycles. The average molecular weight is 264 g/mol. The molecule has 0 aromatic rings. The van der Waals surface area contributed by atoms with Crippen LogP contribution in [0.25, 0.3) is 0 Å². The second-order valence-electron chi connectivity index (χ2n) is 6.77. The van der Waals surface area contributed by atoms with Crippen LogP contribution in [0.1, 0.15) is 65.7 Å². The molecule has 0 aliphatic heterocycles. The first-order chi connectivity index (χ1) is 8.98. The van der Waals surface area contributed by atoms with Crippen LogP contribution < -0.4 is 0 Å². The second kappa shape index (κ2) is 5.68. The highest BCUT2D eigenvalue weighted by atomic mass is 16.6. The van der Waals surface area contributed by atoms with Crippen molar-refractivity contribution in [3.63, 3.8) is 0 Å². The van der Waals surface area contributed by atoms with Crippen molar-refractivity contribution in [3.05, 3.63) is 12.2 Å². The minimum atomic E-state index is -0.188. The van der Waals surface area contributed by atoms with E-state index in [2.05, 4.69) is 20.4 Å². The van der Waals surface area contributed by atoms with E-state index in [0.29, 0.717) is 23.3 Å². The second-order valence-corrected chi connectivity index (χ2v) is 6.77. The Morgan fingerprint density at radius 1 is 1.32 bits per heavy atom. The SMILES string of the molecule is C=C(C)C(=O)OC1(C2CCCC2)CC(C)C(CC)C1. The maximum Gasteiger partial charge on any atom is 0.333 e. The molecule has 0 saturated heterocycles. The number of carbonyl (C=O) groups excluding carboxylic acids is 1. The van der Waals surface area contributed by atoms with Gasteiger partial charge in [0.05, 0.1) is 0 Å². The fourth-order valence-corrected chi connectivity index (χ4v) is 4.21. The van der Waals surface area contributed by atoms with Crippen molar-refractivity contribution in [2.75, 3.05) is 0 Å². The van der Waals surface area contributed by atoms with Crippen molar-refractivity contribution >= 4 is 5.97 Å². The lowest BCUT2D eigenvalue weighted by molar-refractivity contribution is -0.161. The Labute approximate surface area is 117 Å². The molecular weight excluding hydrogens is 236 g/mol. The van der Waals surface area contributed by atoms with Gasteiger partial charge in [-0.05, 0) is 50.4 Å². The zero-order valence-electron chi connectivity index (χ0n) is 12.7. The minimum Gasteiger partial charge on any atom is -0.455 e. The summed E-state index contributed by atoms with van der Waals surface area (Å²) in [6.07, 6.45) is 8.35. The standard InChI is InChI=1S/C17H28O2/c1-5-14-11-17(10-13(14)4,15-8-6-7-9-15)19-16(18)12(2)3/h13-15H,2,5-11H2,1,3-4H3. The summed E-state index contributed by atoms with van der Waals surface area (Å²) in [5, 5.41) is 0. The third kappa shape index (κ3) is 2.88. The van der Waals surface area contributed by atoms with Crippen molar-refractivity contribution in [1.29, 1.82) is 0 Å². The predicted octanol–water partition coefficient (Wildman–Crippen LogP) is 4.49. The number of carbonyl (C=O) groups is 1. The molecule has 108 valence electrons. The fraction of sp³-hybridized carbons (Fsp3) is 0.824. The van der Waals surface area contributed by atoms with E-state index in [4.69, 9.17) is 4.74 Å². The van der Waals surface area contributed by atoms with E-state index in [1.165, 1.54) is 32.1 Å². The summed E-state index contributed by atoms with van der Waals surface area (Å²) in [4.78, 5) is 12.0. The molecule has 2 saturated carbocycles. The van der Waals surface area contributed by atoms with Gasteiger partial charge in [-0.2, -0.15) is 0 Å². The predicted molar refractivity (Wildman–Crippen MR) is 77.8 cm³/mol. The molecule has 0 aromatic heterocycles. The summed E-state index contributed by atoms with van der Waals surface area (Å²) in [6.45, 7) is 10.1. The number of rotatable bonds is 4. The summed E-state index contributed by atoms with van der Waals surface area (Å²) in [7, 11) is 0. The van der Waals surface area contributed by atoms with Gasteiger partial charge in [-0.1, -0.05) is 39.7 Å². The highest BCUT2D eigenvalue weighted by Crippen LogP contribution is 2.51. The Morgan fingerprint density at radius 3 is 2.42 bits per heavy atom. The number of esters is 1. The van der Waals surface area contributed by atoms with Crippen molar-refractivity contribution in [1.82, 2.24) is 0 Å². The lowest BCUT2D eigenvalue weighted by Crippen LogP contribution is -2.40. The van der Waals surface area contributed by atoms with E-state index in [0.717, 1.165) is 12.8 Å². The normalized spacial score (nSPS) is 35.5. The lowest BCUT2D eigenvalue weighted by atomic mass is 9.83.